The van der Waals surface area contributed by atoms with Gasteiger partial charge in [-0.05, 0) is 116 Å². The second-order valence-electron chi connectivity index (χ2n) is 20.5. The first-order chi connectivity index (χ1) is 32.7. The molecule has 2 saturated carbocycles. The minimum absolute atomic E-state index is 0.0819. The number of nitrogens with zero attached hydrogens (tertiary/aromatic N) is 12. The lowest BCUT2D eigenvalue weighted by atomic mass is 10.0. The predicted octanol–water partition coefficient (Wildman–Crippen LogP) is 7.68. The molecule has 2 aliphatic carbocycles. The maximum absolute atomic E-state index is 15.6. The topological polar surface area (TPSA) is 171 Å². The summed E-state index contributed by atoms with van der Waals surface area (Å²) in [4.78, 5) is 35.5. The van der Waals surface area contributed by atoms with Gasteiger partial charge in [0, 0.05) is 42.6 Å². The van der Waals surface area contributed by atoms with Crippen molar-refractivity contribution in [2.24, 2.45) is 8.73 Å². The maximum Gasteiger partial charge on any atom is 0.237 e. The van der Waals surface area contributed by atoms with E-state index in [9.17, 15) is 4.21 Å². The van der Waals surface area contributed by atoms with Gasteiger partial charge in [-0.2, -0.15) is 9.97 Å². The van der Waals surface area contributed by atoms with Crippen LogP contribution in [0.2, 0.25) is 0 Å². The monoisotopic (exact) mass is 958 g/mol. The lowest BCUT2D eigenvalue weighted by Crippen LogP contribution is -2.44. The Bertz CT molecular complexity index is 3260. The summed E-state index contributed by atoms with van der Waals surface area (Å²) in [5.74, 6) is 5.49. The Balaban J connectivity index is 0.887. The second-order valence-corrected chi connectivity index (χ2v) is 26.1. The molecule has 18 heteroatoms. The number of fused-ring (bicyclic) bond motifs is 2. The summed E-state index contributed by atoms with van der Waals surface area (Å²) in [5, 5.41) is 0. The summed E-state index contributed by atoms with van der Waals surface area (Å²) < 4.78 is 54.9. The first kappa shape index (κ1) is 44.2. The van der Waals surface area contributed by atoms with Gasteiger partial charge < -0.3 is 19.3 Å². The summed E-state index contributed by atoms with van der Waals surface area (Å²) in [6, 6.07) is 19.0. The molecule has 8 heterocycles. The van der Waals surface area contributed by atoms with Crippen molar-refractivity contribution in [3.8, 4) is 11.9 Å². The third kappa shape index (κ3) is 7.24. The fourth-order valence-electron chi connectivity index (χ4n) is 11.3. The average Bonchev–Trinajstić information content (AvgIpc) is 4.17. The number of hydrogen-bond acceptors (Lipinski definition) is 14. The molecule has 2 aromatic carbocycles. The van der Waals surface area contributed by atoms with E-state index < -0.39 is 29.0 Å². The van der Waals surface area contributed by atoms with E-state index in [1.165, 1.54) is 0 Å². The zero-order valence-electron chi connectivity index (χ0n) is 40.0. The van der Waals surface area contributed by atoms with E-state index in [1.807, 2.05) is 47.2 Å². The van der Waals surface area contributed by atoms with Crippen molar-refractivity contribution in [3.63, 3.8) is 0 Å². The van der Waals surface area contributed by atoms with Crippen molar-refractivity contribution in [1.82, 2.24) is 39.0 Å². The fourth-order valence-corrected chi connectivity index (χ4v) is 17.1. The van der Waals surface area contributed by atoms with Crippen molar-refractivity contribution >= 4 is 53.2 Å². The molecule has 16 nitrogen and oxygen atoms in total. The highest BCUT2D eigenvalue weighted by molar-refractivity contribution is 7.95. The van der Waals surface area contributed by atoms with Gasteiger partial charge in [0.2, 0.25) is 11.9 Å². The van der Waals surface area contributed by atoms with Gasteiger partial charge in [0.05, 0.1) is 113 Å². The summed E-state index contributed by atoms with van der Waals surface area (Å²) in [6.45, 7) is 16.4. The lowest BCUT2D eigenvalue weighted by molar-refractivity contribution is 0.0984. The number of hydrogen-bond donors (Lipinski definition) is 0. The SMILES string of the molecule is Cc1nc2cc(C3CC3N=S3(=O)CCC[C@]3(C)c3cc(N4CCOC[C@H]4C)nc(-n4c(C)nc5ccccc54)n3)ccc2n1-c1nc(N2CCOC[C@H]2C)cc([C@]2(C)CCCS2(=O)=NC2CC2)n1. The number of aryl methyl sites for hydroxylation is 2. The van der Waals surface area contributed by atoms with Crippen molar-refractivity contribution in [2.45, 2.75) is 126 Å². The molecular weight excluding hydrogens is 897 g/mol. The zero-order chi connectivity index (χ0) is 46.7. The number of anilines is 2. The quantitative estimate of drug-likeness (QED) is 0.139. The van der Waals surface area contributed by atoms with Crippen LogP contribution >= 0.6 is 0 Å². The number of para-hydroxylation sites is 2. The average molecular weight is 959 g/mol. The molecule has 0 spiro atoms. The zero-order valence-corrected chi connectivity index (χ0v) is 41.6. The first-order valence-corrected chi connectivity index (χ1v) is 28.0. The van der Waals surface area contributed by atoms with Crippen LogP contribution in [0.5, 0.6) is 0 Å². The molecule has 4 unspecified atom stereocenters. The summed E-state index contributed by atoms with van der Waals surface area (Å²) in [6.07, 6.45) is 5.98. The molecule has 4 aliphatic heterocycles. The van der Waals surface area contributed by atoms with Gasteiger partial charge in [-0.3, -0.25) is 9.13 Å². The van der Waals surface area contributed by atoms with Gasteiger partial charge in [-0.15, -0.1) is 0 Å². The standard InChI is InChI=1S/C50H62N12O4S2/c1-31-29-65-21-19-59(31)45-27-43(49(5)17-9-23-67(49,63)57-36-14-15-36)53-48(56-45)62-34(4)52-40-25-35(13-16-42(40)62)37-26-39(37)58-68(64)24-10-18-50(68,6)44-28-46(60-20-22-66-30-32(60)2)55-47(54-44)61-33(3)51-38-11-7-8-12-41(38)61/h7-8,11-13,16,25,27-28,31-32,36-37,39H,9-10,14-15,17-24,26,29-30H2,1-6H3/t31-,32-,37?,39?,49+,50-,67?,68?/m1/s1. The third-order valence-corrected chi connectivity index (χ3v) is 22.3. The number of imidazole rings is 2. The van der Waals surface area contributed by atoms with Gasteiger partial charge >= 0.3 is 0 Å². The lowest BCUT2D eigenvalue weighted by Gasteiger charge is -2.35. The molecule has 4 aromatic heterocycles. The van der Waals surface area contributed by atoms with Gasteiger partial charge in [0.15, 0.2) is 0 Å². The van der Waals surface area contributed by atoms with Crippen LogP contribution in [0.15, 0.2) is 63.3 Å². The minimum Gasteiger partial charge on any atom is -0.377 e. The Kier molecular flexibility index (Phi) is 10.6. The number of benzene rings is 2. The van der Waals surface area contributed by atoms with Gasteiger partial charge in [-0.25, -0.2) is 37.1 Å². The summed E-state index contributed by atoms with van der Waals surface area (Å²) in [7, 11) is -5.30. The second kappa shape index (κ2) is 16.3. The smallest absolute Gasteiger partial charge is 0.237 e. The van der Waals surface area contributed by atoms with E-state index in [2.05, 4.69) is 67.8 Å². The fraction of sp³-hybridized carbons (Fsp3) is 0.560. The molecule has 12 rings (SSSR count). The van der Waals surface area contributed by atoms with Gasteiger partial charge in [-0.1, -0.05) is 18.2 Å². The van der Waals surface area contributed by atoms with Crippen LogP contribution < -0.4 is 9.80 Å². The molecule has 6 fully saturated rings. The molecule has 68 heavy (non-hydrogen) atoms. The van der Waals surface area contributed by atoms with Crippen LogP contribution in [0.1, 0.15) is 107 Å². The van der Waals surface area contributed by atoms with Crippen LogP contribution in [0.3, 0.4) is 0 Å². The number of aromatic nitrogens is 8. The van der Waals surface area contributed by atoms with Crippen LogP contribution in [0, 0.1) is 13.8 Å². The van der Waals surface area contributed by atoms with Crippen molar-refractivity contribution in [1.29, 1.82) is 0 Å². The van der Waals surface area contributed by atoms with Crippen LogP contribution in [-0.4, -0.2) is 123 Å². The Morgan fingerprint density at radius 2 is 1.21 bits per heavy atom. The van der Waals surface area contributed by atoms with Gasteiger partial charge in [0.25, 0.3) is 0 Å². The van der Waals surface area contributed by atoms with E-state index in [1.54, 1.807) is 0 Å². The molecule has 4 saturated heterocycles. The molecule has 0 radical (unpaired) electrons. The Morgan fingerprint density at radius 3 is 1.78 bits per heavy atom. The summed E-state index contributed by atoms with van der Waals surface area (Å²) in [5.41, 5.74) is 6.23. The van der Waals surface area contributed by atoms with E-state index in [-0.39, 0.29) is 30.1 Å². The number of morpholine rings is 2. The largest absolute Gasteiger partial charge is 0.377 e. The van der Waals surface area contributed by atoms with E-state index in [0.29, 0.717) is 69.3 Å². The normalized spacial score (nSPS) is 31.8. The predicted molar refractivity (Wildman–Crippen MR) is 266 cm³/mol. The van der Waals surface area contributed by atoms with Crippen LogP contribution in [-0.2, 0) is 38.4 Å². The maximum atomic E-state index is 15.6. The van der Waals surface area contributed by atoms with Crippen molar-refractivity contribution in [3.05, 3.63) is 83.2 Å². The van der Waals surface area contributed by atoms with E-state index in [4.69, 9.17) is 48.1 Å². The number of ether oxygens (including phenoxy) is 2. The van der Waals surface area contributed by atoms with Crippen molar-refractivity contribution in [2.75, 3.05) is 60.8 Å². The first-order valence-electron chi connectivity index (χ1n) is 24.6. The van der Waals surface area contributed by atoms with Gasteiger partial charge in [0.1, 0.15) is 23.3 Å². The Labute approximate surface area is 399 Å². The molecular formula is C50H62N12O4S2. The Hall–Kier alpha value is -5.04. The molecule has 358 valence electrons. The highest BCUT2D eigenvalue weighted by Gasteiger charge is 2.49. The summed E-state index contributed by atoms with van der Waals surface area (Å²) >= 11 is 0. The molecule has 0 bridgehead atoms. The third-order valence-electron chi connectivity index (χ3n) is 15.7. The number of rotatable bonds is 9. The molecule has 6 aromatic rings. The molecule has 0 N–H and O–H groups in total. The van der Waals surface area contributed by atoms with Crippen LogP contribution in [0.25, 0.3) is 34.0 Å². The van der Waals surface area contributed by atoms with E-state index >= 15 is 4.21 Å². The highest BCUT2D eigenvalue weighted by Crippen LogP contribution is 2.50. The highest BCUT2D eigenvalue weighted by atomic mass is 32.2. The van der Waals surface area contributed by atoms with E-state index in [0.717, 1.165) is 101 Å². The Morgan fingerprint density at radius 1 is 0.662 bits per heavy atom. The minimum atomic E-state index is -2.76. The van der Waals surface area contributed by atoms with Crippen molar-refractivity contribution < 1.29 is 17.9 Å². The van der Waals surface area contributed by atoms with Crippen LogP contribution in [0.4, 0.5) is 11.6 Å². The molecule has 6 aliphatic rings. The molecule has 0 amide bonds. The molecule has 8 atom stereocenters.